The summed E-state index contributed by atoms with van der Waals surface area (Å²) in [4.78, 5) is 4.60. The molecule has 0 bridgehead atoms. The van der Waals surface area contributed by atoms with Crippen molar-refractivity contribution in [1.82, 2.24) is 9.55 Å². The van der Waals surface area contributed by atoms with Crippen LogP contribution in [0.15, 0.2) is 36.9 Å². The summed E-state index contributed by atoms with van der Waals surface area (Å²) in [5.41, 5.74) is 2.07. The average Bonchev–Trinajstić information content (AvgIpc) is 2.76. The van der Waals surface area contributed by atoms with Gasteiger partial charge in [0, 0.05) is 12.3 Å². The summed E-state index contributed by atoms with van der Waals surface area (Å²) in [5.74, 6) is 0. The van der Waals surface area contributed by atoms with Crippen LogP contribution in [0.5, 0.6) is 0 Å². The molecule has 4 nitrogen and oxygen atoms in total. The Morgan fingerprint density at radius 1 is 1.44 bits per heavy atom. The lowest BCUT2D eigenvalue weighted by Crippen LogP contribution is -2.25. The van der Waals surface area contributed by atoms with E-state index in [0.717, 1.165) is 18.0 Å². The van der Waals surface area contributed by atoms with Gasteiger partial charge in [-0.25, -0.2) is 9.13 Å². The molecule has 0 amide bonds. The molecule has 0 aliphatic carbocycles. The van der Waals surface area contributed by atoms with Crippen molar-refractivity contribution >= 4 is 0 Å². The number of nitrogens with zero attached hydrogens (tertiary/aromatic N) is 3. The Morgan fingerprint density at radius 2 is 2.28 bits per heavy atom. The van der Waals surface area contributed by atoms with Crippen molar-refractivity contribution in [3.63, 3.8) is 0 Å². The van der Waals surface area contributed by atoms with Gasteiger partial charge in [0.15, 0.2) is 6.04 Å². The fraction of sp³-hybridized carbons (Fsp3) is 0.429. The van der Waals surface area contributed by atoms with Gasteiger partial charge in [-0.15, -0.1) is 0 Å². The predicted octanol–water partition coefficient (Wildman–Crippen LogP) is 1.64. The van der Waals surface area contributed by atoms with Crippen molar-refractivity contribution in [2.45, 2.75) is 19.9 Å². The van der Waals surface area contributed by atoms with Gasteiger partial charge in [0.05, 0.1) is 19.3 Å². The average molecular weight is 246 g/mol. The molecule has 0 saturated heterocycles. The Bertz CT molecular complexity index is 507. The number of hydrogen-bond donors (Lipinski definition) is 0. The summed E-state index contributed by atoms with van der Waals surface area (Å²) in [6, 6.07) is 6.24. The molecular weight excluding hydrogens is 226 g/mol. The first-order valence-corrected chi connectivity index (χ1v) is 6.24. The van der Waals surface area contributed by atoms with Crippen molar-refractivity contribution < 1.29 is 9.30 Å². The van der Waals surface area contributed by atoms with Gasteiger partial charge >= 0.3 is 0 Å². The van der Waals surface area contributed by atoms with Gasteiger partial charge in [-0.3, -0.25) is 4.98 Å². The van der Waals surface area contributed by atoms with Crippen LogP contribution in [-0.4, -0.2) is 22.8 Å². The summed E-state index contributed by atoms with van der Waals surface area (Å²) in [6.07, 6.45) is 6.12. The molecule has 1 atom stereocenters. The number of imidazole rings is 1. The van der Waals surface area contributed by atoms with Crippen molar-refractivity contribution in [2.75, 3.05) is 13.2 Å². The third-order valence-electron chi connectivity index (χ3n) is 2.88. The summed E-state index contributed by atoms with van der Waals surface area (Å²) in [5, 5.41) is 0. The van der Waals surface area contributed by atoms with Crippen LogP contribution in [0.4, 0.5) is 0 Å². The number of aromatic nitrogens is 3. The standard InChI is InChI=1S/C14H20N3O/c1-4-18-10-14(17-9-8-16(3)11-17)13-7-5-6-12(2)15-13/h5-9,11,14H,4,10H2,1-3H3/q+1. The monoisotopic (exact) mass is 246 g/mol. The molecule has 0 radical (unpaired) electrons. The molecule has 0 aromatic carbocycles. The van der Waals surface area contributed by atoms with Crippen LogP contribution in [0.3, 0.4) is 0 Å². The van der Waals surface area contributed by atoms with E-state index in [9.17, 15) is 0 Å². The smallest absolute Gasteiger partial charge is 0.244 e. The van der Waals surface area contributed by atoms with Gasteiger partial charge in [-0.05, 0) is 26.0 Å². The molecule has 2 heterocycles. The minimum absolute atomic E-state index is 0.131. The van der Waals surface area contributed by atoms with Crippen molar-refractivity contribution in [3.05, 3.63) is 48.3 Å². The fourth-order valence-electron chi connectivity index (χ4n) is 1.96. The summed E-state index contributed by atoms with van der Waals surface area (Å²) in [7, 11) is 2.01. The topological polar surface area (TPSA) is 30.9 Å². The van der Waals surface area contributed by atoms with Crippen molar-refractivity contribution in [3.8, 4) is 0 Å². The molecular formula is C14H20N3O+. The van der Waals surface area contributed by atoms with Crippen LogP contribution in [0, 0.1) is 6.92 Å². The zero-order valence-electron chi connectivity index (χ0n) is 11.2. The van der Waals surface area contributed by atoms with Crippen LogP contribution in [0.25, 0.3) is 0 Å². The normalized spacial score (nSPS) is 12.6. The maximum atomic E-state index is 5.58. The maximum Gasteiger partial charge on any atom is 0.244 e. The lowest BCUT2D eigenvalue weighted by Gasteiger charge is -2.13. The van der Waals surface area contributed by atoms with Gasteiger partial charge in [-0.1, -0.05) is 6.07 Å². The maximum absolute atomic E-state index is 5.58. The van der Waals surface area contributed by atoms with E-state index >= 15 is 0 Å². The molecule has 0 aliphatic rings. The van der Waals surface area contributed by atoms with Gasteiger partial charge < -0.3 is 4.74 Å². The minimum atomic E-state index is 0.131. The number of pyridine rings is 1. The van der Waals surface area contributed by atoms with E-state index in [4.69, 9.17) is 4.74 Å². The van der Waals surface area contributed by atoms with Gasteiger partial charge in [0.25, 0.3) is 0 Å². The predicted molar refractivity (Wildman–Crippen MR) is 69.2 cm³/mol. The van der Waals surface area contributed by atoms with E-state index in [-0.39, 0.29) is 6.04 Å². The number of hydrogen-bond acceptors (Lipinski definition) is 2. The molecule has 4 heteroatoms. The molecule has 2 aromatic heterocycles. The highest BCUT2D eigenvalue weighted by Crippen LogP contribution is 2.16. The fourth-order valence-corrected chi connectivity index (χ4v) is 1.96. The van der Waals surface area contributed by atoms with E-state index in [1.807, 2.05) is 56.3 Å². The second-order valence-corrected chi connectivity index (χ2v) is 4.41. The molecule has 0 N–H and O–H groups in total. The highest BCUT2D eigenvalue weighted by Gasteiger charge is 2.20. The molecule has 0 saturated carbocycles. The first-order chi connectivity index (χ1) is 8.70. The molecule has 0 aliphatic heterocycles. The van der Waals surface area contributed by atoms with E-state index in [1.165, 1.54) is 0 Å². The van der Waals surface area contributed by atoms with Gasteiger partial charge in [0.1, 0.15) is 12.4 Å². The van der Waals surface area contributed by atoms with E-state index in [2.05, 4.69) is 15.6 Å². The first-order valence-electron chi connectivity index (χ1n) is 6.24. The largest absolute Gasteiger partial charge is 0.377 e. The lowest BCUT2D eigenvalue weighted by atomic mass is 10.2. The van der Waals surface area contributed by atoms with Gasteiger partial charge in [0.2, 0.25) is 6.33 Å². The van der Waals surface area contributed by atoms with Gasteiger partial charge in [-0.2, -0.15) is 0 Å². The second-order valence-electron chi connectivity index (χ2n) is 4.41. The summed E-state index contributed by atoms with van der Waals surface area (Å²) < 4.78 is 9.74. The Labute approximate surface area is 108 Å². The number of rotatable bonds is 5. The first kappa shape index (κ1) is 12.8. The Hall–Kier alpha value is -1.68. The third-order valence-corrected chi connectivity index (χ3v) is 2.88. The quantitative estimate of drug-likeness (QED) is 0.751. The molecule has 0 fully saturated rings. The van der Waals surface area contributed by atoms with E-state index in [0.29, 0.717) is 6.61 Å². The van der Waals surface area contributed by atoms with Crippen molar-refractivity contribution in [2.24, 2.45) is 7.05 Å². The molecule has 18 heavy (non-hydrogen) atoms. The van der Waals surface area contributed by atoms with Crippen molar-refractivity contribution in [1.29, 1.82) is 0 Å². The van der Waals surface area contributed by atoms with Crippen LogP contribution in [-0.2, 0) is 11.8 Å². The summed E-state index contributed by atoms with van der Waals surface area (Å²) >= 11 is 0. The third kappa shape index (κ3) is 2.96. The SMILES string of the molecule is CCOCC(c1cccc(C)n1)n1cc[n+](C)c1. The van der Waals surface area contributed by atoms with Crippen LogP contribution < -0.4 is 4.57 Å². The Morgan fingerprint density at radius 3 is 2.89 bits per heavy atom. The molecule has 0 spiro atoms. The van der Waals surface area contributed by atoms with E-state index in [1.54, 1.807) is 0 Å². The number of aryl methyl sites for hydroxylation is 2. The second kappa shape index (κ2) is 5.78. The summed E-state index contributed by atoms with van der Waals surface area (Å²) in [6.45, 7) is 5.38. The zero-order chi connectivity index (χ0) is 13.0. The Kier molecular flexibility index (Phi) is 4.10. The molecule has 2 aromatic rings. The Balaban J connectivity index is 2.30. The number of ether oxygens (including phenoxy) is 1. The molecule has 2 rings (SSSR count). The zero-order valence-corrected chi connectivity index (χ0v) is 11.2. The minimum Gasteiger partial charge on any atom is -0.377 e. The highest BCUT2D eigenvalue weighted by atomic mass is 16.5. The van der Waals surface area contributed by atoms with Crippen LogP contribution >= 0.6 is 0 Å². The molecule has 96 valence electrons. The van der Waals surface area contributed by atoms with E-state index < -0.39 is 0 Å². The highest BCUT2D eigenvalue weighted by molar-refractivity contribution is 5.14. The van der Waals surface area contributed by atoms with Crippen LogP contribution in [0.2, 0.25) is 0 Å². The lowest BCUT2D eigenvalue weighted by molar-refractivity contribution is -0.671. The van der Waals surface area contributed by atoms with Crippen LogP contribution in [0.1, 0.15) is 24.4 Å². The molecule has 1 unspecified atom stereocenters.